The molecule has 0 aliphatic carbocycles. The summed E-state index contributed by atoms with van der Waals surface area (Å²) in [5.41, 5.74) is 2.74. The summed E-state index contributed by atoms with van der Waals surface area (Å²) in [6.07, 6.45) is 1.22. The van der Waals surface area contributed by atoms with Crippen molar-refractivity contribution in [2.24, 2.45) is 5.92 Å². The summed E-state index contributed by atoms with van der Waals surface area (Å²) in [5, 5.41) is 0. The standard InChI is InChI=1S/C18H19BrN2O/c19-16-6-4-13(5-7-16)9-20-10-14-8-15(12-20)17-2-1-3-18(22)21(17)11-14/h1-7,14-15H,8-12H2. The monoisotopic (exact) mass is 358 g/mol. The third-order valence-corrected chi connectivity index (χ3v) is 5.40. The van der Waals surface area contributed by atoms with Crippen LogP contribution in [0.25, 0.3) is 0 Å². The van der Waals surface area contributed by atoms with Gasteiger partial charge in [-0.15, -0.1) is 0 Å². The van der Waals surface area contributed by atoms with E-state index in [4.69, 9.17) is 0 Å². The van der Waals surface area contributed by atoms with E-state index in [9.17, 15) is 4.79 Å². The molecule has 1 fully saturated rings. The molecule has 2 aliphatic rings. The van der Waals surface area contributed by atoms with Gasteiger partial charge in [0.15, 0.2) is 0 Å². The quantitative estimate of drug-likeness (QED) is 0.823. The Morgan fingerprint density at radius 3 is 2.68 bits per heavy atom. The Kier molecular flexibility index (Phi) is 3.66. The van der Waals surface area contributed by atoms with E-state index in [-0.39, 0.29) is 5.56 Å². The highest BCUT2D eigenvalue weighted by Gasteiger charge is 2.34. The van der Waals surface area contributed by atoms with Gasteiger partial charge < -0.3 is 4.57 Å². The summed E-state index contributed by atoms with van der Waals surface area (Å²) in [5.74, 6) is 1.10. The average molecular weight is 359 g/mol. The molecule has 0 spiro atoms. The van der Waals surface area contributed by atoms with Crippen LogP contribution >= 0.6 is 15.9 Å². The van der Waals surface area contributed by atoms with E-state index < -0.39 is 0 Å². The number of hydrogen-bond donors (Lipinski definition) is 0. The van der Waals surface area contributed by atoms with Crippen molar-refractivity contribution in [2.75, 3.05) is 13.1 Å². The van der Waals surface area contributed by atoms with Crippen LogP contribution in [0.5, 0.6) is 0 Å². The lowest BCUT2D eigenvalue weighted by atomic mass is 9.83. The number of hydrogen-bond acceptors (Lipinski definition) is 2. The minimum atomic E-state index is 0.161. The molecule has 3 nitrogen and oxygen atoms in total. The van der Waals surface area contributed by atoms with Gasteiger partial charge in [0.05, 0.1) is 0 Å². The van der Waals surface area contributed by atoms with Crippen LogP contribution in [0.1, 0.15) is 23.6 Å². The van der Waals surface area contributed by atoms with E-state index >= 15 is 0 Å². The molecule has 2 aliphatic heterocycles. The number of nitrogens with zero attached hydrogens (tertiary/aromatic N) is 2. The first-order valence-corrected chi connectivity index (χ1v) is 8.65. The van der Waals surface area contributed by atoms with E-state index in [2.05, 4.69) is 51.2 Å². The van der Waals surface area contributed by atoms with Crippen LogP contribution in [0.15, 0.2) is 51.7 Å². The van der Waals surface area contributed by atoms with Crippen molar-refractivity contribution in [1.82, 2.24) is 9.47 Å². The first-order valence-electron chi connectivity index (χ1n) is 7.85. The third kappa shape index (κ3) is 2.66. The molecule has 1 aromatic heterocycles. The second-order valence-electron chi connectivity index (χ2n) is 6.52. The normalized spacial score (nSPS) is 24.0. The Morgan fingerprint density at radius 2 is 1.86 bits per heavy atom. The highest BCUT2D eigenvalue weighted by molar-refractivity contribution is 9.10. The molecule has 1 aromatic carbocycles. The fourth-order valence-electron chi connectivity index (χ4n) is 3.97. The fraction of sp³-hybridized carbons (Fsp3) is 0.389. The maximum atomic E-state index is 12.0. The molecule has 2 unspecified atom stereocenters. The van der Waals surface area contributed by atoms with Gasteiger partial charge in [-0.1, -0.05) is 34.1 Å². The molecule has 0 saturated carbocycles. The Morgan fingerprint density at radius 1 is 1.05 bits per heavy atom. The number of fused-ring (bicyclic) bond motifs is 4. The minimum Gasteiger partial charge on any atom is -0.312 e. The summed E-state index contributed by atoms with van der Waals surface area (Å²) in [6, 6.07) is 14.3. The second-order valence-corrected chi connectivity index (χ2v) is 7.43. The van der Waals surface area contributed by atoms with Crippen molar-refractivity contribution < 1.29 is 0 Å². The Bertz CT molecular complexity index is 737. The summed E-state index contributed by atoms with van der Waals surface area (Å²) < 4.78 is 3.12. The molecule has 4 heteroatoms. The molecular weight excluding hydrogens is 340 g/mol. The van der Waals surface area contributed by atoms with Crippen LogP contribution in [0.2, 0.25) is 0 Å². The van der Waals surface area contributed by atoms with Gasteiger partial charge in [0.2, 0.25) is 0 Å². The lowest BCUT2D eigenvalue weighted by Gasteiger charge is -2.42. The fourth-order valence-corrected chi connectivity index (χ4v) is 4.24. The predicted molar refractivity (Wildman–Crippen MR) is 91.0 cm³/mol. The molecule has 0 amide bonds. The van der Waals surface area contributed by atoms with Crippen LogP contribution in [0, 0.1) is 5.92 Å². The molecule has 3 heterocycles. The zero-order valence-corrected chi connectivity index (χ0v) is 14.0. The Balaban J connectivity index is 1.56. The first-order chi connectivity index (χ1) is 10.7. The van der Waals surface area contributed by atoms with Crippen molar-refractivity contribution in [1.29, 1.82) is 0 Å². The zero-order valence-electron chi connectivity index (χ0n) is 12.4. The molecule has 22 heavy (non-hydrogen) atoms. The number of pyridine rings is 1. The highest BCUT2D eigenvalue weighted by atomic mass is 79.9. The number of aromatic nitrogens is 1. The molecule has 4 rings (SSSR count). The SMILES string of the molecule is O=c1cccc2n1CC1CC2CN(Cc2ccc(Br)cc2)C1. The molecule has 2 atom stereocenters. The maximum absolute atomic E-state index is 12.0. The molecule has 114 valence electrons. The molecule has 0 N–H and O–H groups in total. The van der Waals surface area contributed by atoms with Gasteiger partial charge in [0.25, 0.3) is 5.56 Å². The molecular formula is C18H19BrN2O. The smallest absolute Gasteiger partial charge is 0.250 e. The van der Waals surface area contributed by atoms with Gasteiger partial charge in [0, 0.05) is 48.3 Å². The molecule has 2 bridgehead atoms. The van der Waals surface area contributed by atoms with Crippen LogP contribution in [0.4, 0.5) is 0 Å². The van der Waals surface area contributed by atoms with Gasteiger partial charge in [-0.25, -0.2) is 0 Å². The van der Waals surface area contributed by atoms with Gasteiger partial charge in [-0.2, -0.15) is 0 Å². The van der Waals surface area contributed by atoms with Crippen molar-refractivity contribution in [3.05, 3.63) is 68.5 Å². The predicted octanol–water partition coefficient (Wildman–Crippen LogP) is 3.23. The summed E-state index contributed by atoms with van der Waals surface area (Å²) in [6.45, 7) is 4.02. The van der Waals surface area contributed by atoms with E-state index in [1.54, 1.807) is 6.07 Å². The van der Waals surface area contributed by atoms with Crippen molar-refractivity contribution in [3.63, 3.8) is 0 Å². The van der Waals surface area contributed by atoms with Crippen LogP contribution in [-0.4, -0.2) is 22.6 Å². The number of rotatable bonds is 2. The average Bonchev–Trinajstić information content (AvgIpc) is 2.51. The summed E-state index contributed by atoms with van der Waals surface area (Å²) in [7, 11) is 0. The first kappa shape index (κ1) is 14.2. The number of piperidine rings is 1. The van der Waals surface area contributed by atoms with E-state index in [0.29, 0.717) is 11.8 Å². The summed E-state index contributed by atoms with van der Waals surface area (Å²) >= 11 is 3.49. The topological polar surface area (TPSA) is 25.2 Å². The minimum absolute atomic E-state index is 0.161. The Labute approximate surface area is 138 Å². The zero-order chi connectivity index (χ0) is 15.1. The second kappa shape index (κ2) is 5.67. The van der Waals surface area contributed by atoms with E-state index in [0.717, 1.165) is 30.7 Å². The van der Waals surface area contributed by atoms with Gasteiger partial charge in [-0.05, 0) is 36.1 Å². The molecule has 2 aromatic rings. The lowest BCUT2D eigenvalue weighted by molar-refractivity contribution is 0.114. The van der Waals surface area contributed by atoms with E-state index in [1.165, 1.54) is 17.7 Å². The van der Waals surface area contributed by atoms with Crippen LogP contribution in [0.3, 0.4) is 0 Å². The summed E-state index contributed by atoms with van der Waals surface area (Å²) in [4.78, 5) is 14.6. The lowest BCUT2D eigenvalue weighted by Crippen LogP contribution is -2.46. The van der Waals surface area contributed by atoms with Crippen molar-refractivity contribution >= 4 is 15.9 Å². The largest absolute Gasteiger partial charge is 0.312 e. The number of halogens is 1. The number of likely N-dealkylation sites (tertiary alicyclic amines) is 1. The van der Waals surface area contributed by atoms with Gasteiger partial charge in [-0.3, -0.25) is 9.69 Å². The molecule has 0 radical (unpaired) electrons. The number of benzene rings is 1. The van der Waals surface area contributed by atoms with Gasteiger partial charge in [0.1, 0.15) is 0 Å². The molecule has 1 saturated heterocycles. The van der Waals surface area contributed by atoms with Crippen LogP contribution in [-0.2, 0) is 13.1 Å². The van der Waals surface area contributed by atoms with Crippen molar-refractivity contribution in [3.8, 4) is 0 Å². The van der Waals surface area contributed by atoms with Gasteiger partial charge >= 0.3 is 0 Å². The maximum Gasteiger partial charge on any atom is 0.250 e. The van der Waals surface area contributed by atoms with E-state index in [1.807, 2.05) is 10.6 Å². The van der Waals surface area contributed by atoms with Crippen molar-refractivity contribution in [2.45, 2.75) is 25.4 Å². The third-order valence-electron chi connectivity index (χ3n) is 4.87. The Hall–Kier alpha value is -1.39. The van der Waals surface area contributed by atoms with Crippen LogP contribution < -0.4 is 5.56 Å². The highest BCUT2D eigenvalue weighted by Crippen LogP contribution is 2.35.